The summed E-state index contributed by atoms with van der Waals surface area (Å²) in [4.78, 5) is 10.7. The fraction of sp³-hybridized carbons (Fsp3) is 0.364. The zero-order valence-electron chi connectivity index (χ0n) is 8.16. The molecule has 70 valence electrons. The number of rotatable bonds is 2. The second-order valence-corrected chi connectivity index (χ2v) is 3.77. The molecule has 0 fully saturated rings. The van der Waals surface area contributed by atoms with Gasteiger partial charge in [0.15, 0.2) is 0 Å². The third-order valence-corrected chi connectivity index (χ3v) is 1.99. The minimum atomic E-state index is -0.954. The summed E-state index contributed by atoms with van der Waals surface area (Å²) in [6.07, 6.45) is 0.778. The lowest BCUT2D eigenvalue weighted by Crippen LogP contribution is -2.17. The van der Waals surface area contributed by atoms with Crippen LogP contribution in [-0.4, -0.2) is 11.4 Å². The molecule has 1 aromatic carbocycles. The van der Waals surface area contributed by atoms with Crippen LogP contribution < -0.4 is 0 Å². The predicted octanol–water partition coefficient (Wildman–Crippen LogP) is 2.03. The molecule has 0 aliphatic carbocycles. The SMILES string of the molecule is Cc1ccc(C(C)(C)O)c(C=O)c1. The summed E-state index contributed by atoms with van der Waals surface area (Å²) < 4.78 is 0. The van der Waals surface area contributed by atoms with Crippen molar-refractivity contribution in [1.29, 1.82) is 0 Å². The van der Waals surface area contributed by atoms with Crippen LogP contribution in [0.1, 0.15) is 35.3 Å². The standard InChI is InChI=1S/C11H14O2/c1-8-4-5-10(11(2,3)13)9(6-8)7-12/h4-7,13H,1-3H3. The molecule has 0 unspecified atom stereocenters. The number of aryl methyl sites for hydroxylation is 1. The van der Waals surface area contributed by atoms with Gasteiger partial charge in [-0.3, -0.25) is 4.79 Å². The Balaban J connectivity index is 3.29. The van der Waals surface area contributed by atoms with Crippen LogP contribution in [0.4, 0.5) is 0 Å². The van der Waals surface area contributed by atoms with Crippen molar-refractivity contribution in [3.63, 3.8) is 0 Å². The maximum Gasteiger partial charge on any atom is 0.150 e. The molecule has 2 heteroatoms. The molecule has 1 rings (SSSR count). The van der Waals surface area contributed by atoms with Gasteiger partial charge >= 0.3 is 0 Å². The molecule has 0 saturated heterocycles. The summed E-state index contributed by atoms with van der Waals surface area (Å²) in [5.74, 6) is 0. The number of aldehydes is 1. The number of benzene rings is 1. The van der Waals surface area contributed by atoms with Crippen molar-refractivity contribution in [1.82, 2.24) is 0 Å². The monoisotopic (exact) mass is 178 g/mol. The summed E-state index contributed by atoms with van der Waals surface area (Å²) >= 11 is 0. The van der Waals surface area contributed by atoms with Crippen LogP contribution in [0, 0.1) is 6.92 Å². The number of hydrogen-bond donors (Lipinski definition) is 1. The Morgan fingerprint density at radius 3 is 2.46 bits per heavy atom. The Morgan fingerprint density at radius 2 is 2.00 bits per heavy atom. The summed E-state index contributed by atoms with van der Waals surface area (Å²) in [6, 6.07) is 5.46. The zero-order chi connectivity index (χ0) is 10.1. The van der Waals surface area contributed by atoms with Gasteiger partial charge in [0.1, 0.15) is 6.29 Å². The van der Waals surface area contributed by atoms with E-state index in [1.165, 1.54) is 0 Å². The van der Waals surface area contributed by atoms with E-state index < -0.39 is 5.60 Å². The second kappa shape index (κ2) is 3.30. The van der Waals surface area contributed by atoms with Crippen molar-refractivity contribution in [3.05, 3.63) is 34.9 Å². The molecule has 2 nitrogen and oxygen atoms in total. The van der Waals surface area contributed by atoms with Crippen molar-refractivity contribution in [2.75, 3.05) is 0 Å². The van der Waals surface area contributed by atoms with E-state index >= 15 is 0 Å². The molecule has 0 aliphatic heterocycles. The number of carbonyl (C=O) groups is 1. The highest BCUT2D eigenvalue weighted by atomic mass is 16.3. The quantitative estimate of drug-likeness (QED) is 0.703. The van der Waals surface area contributed by atoms with E-state index in [4.69, 9.17) is 0 Å². The topological polar surface area (TPSA) is 37.3 Å². The zero-order valence-corrected chi connectivity index (χ0v) is 8.16. The van der Waals surface area contributed by atoms with E-state index in [0.717, 1.165) is 11.8 Å². The van der Waals surface area contributed by atoms with Gasteiger partial charge in [-0.15, -0.1) is 0 Å². The van der Waals surface area contributed by atoms with Crippen LogP contribution in [0.3, 0.4) is 0 Å². The third kappa shape index (κ3) is 2.16. The summed E-state index contributed by atoms with van der Waals surface area (Å²) in [5, 5.41) is 9.73. The Kier molecular flexibility index (Phi) is 2.52. The van der Waals surface area contributed by atoms with Gasteiger partial charge in [-0.25, -0.2) is 0 Å². The van der Waals surface area contributed by atoms with Gasteiger partial charge in [0.05, 0.1) is 5.60 Å². The molecule has 0 aromatic heterocycles. The fourth-order valence-electron chi connectivity index (χ4n) is 1.34. The lowest BCUT2D eigenvalue weighted by molar-refractivity contribution is 0.0768. The first kappa shape index (κ1) is 9.93. The molecule has 0 atom stereocenters. The average molecular weight is 178 g/mol. The fourth-order valence-corrected chi connectivity index (χ4v) is 1.34. The Bertz CT molecular complexity index is 321. The minimum Gasteiger partial charge on any atom is -0.386 e. The van der Waals surface area contributed by atoms with Gasteiger partial charge in [0, 0.05) is 5.56 Å². The maximum atomic E-state index is 10.7. The first-order valence-corrected chi connectivity index (χ1v) is 4.24. The molecular formula is C11H14O2. The van der Waals surface area contributed by atoms with E-state index in [9.17, 15) is 9.90 Å². The van der Waals surface area contributed by atoms with E-state index in [0.29, 0.717) is 11.1 Å². The molecule has 0 spiro atoms. The Hall–Kier alpha value is -1.15. The minimum absolute atomic E-state index is 0.563. The number of hydrogen-bond acceptors (Lipinski definition) is 2. The van der Waals surface area contributed by atoms with Crippen molar-refractivity contribution < 1.29 is 9.90 Å². The largest absolute Gasteiger partial charge is 0.386 e. The first-order chi connectivity index (χ1) is 5.95. The van der Waals surface area contributed by atoms with Crippen LogP contribution in [0.15, 0.2) is 18.2 Å². The molecule has 13 heavy (non-hydrogen) atoms. The van der Waals surface area contributed by atoms with E-state index in [-0.39, 0.29) is 0 Å². The Labute approximate surface area is 78.2 Å². The molecule has 1 aromatic rings. The molecule has 0 bridgehead atoms. The van der Waals surface area contributed by atoms with Crippen LogP contribution in [-0.2, 0) is 5.60 Å². The van der Waals surface area contributed by atoms with E-state index in [2.05, 4.69) is 0 Å². The smallest absolute Gasteiger partial charge is 0.150 e. The van der Waals surface area contributed by atoms with Crippen molar-refractivity contribution >= 4 is 6.29 Å². The van der Waals surface area contributed by atoms with Crippen LogP contribution in [0.2, 0.25) is 0 Å². The van der Waals surface area contributed by atoms with Gasteiger partial charge in [-0.05, 0) is 32.4 Å². The number of aliphatic hydroxyl groups is 1. The lowest BCUT2D eigenvalue weighted by Gasteiger charge is -2.19. The number of carbonyl (C=O) groups excluding carboxylic acids is 1. The van der Waals surface area contributed by atoms with Gasteiger partial charge in [-0.1, -0.05) is 17.7 Å². The normalized spacial score (nSPS) is 11.4. The van der Waals surface area contributed by atoms with Crippen molar-refractivity contribution in [3.8, 4) is 0 Å². The highest BCUT2D eigenvalue weighted by Crippen LogP contribution is 2.23. The van der Waals surface area contributed by atoms with E-state index in [1.807, 2.05) is 13.0 Å². The molecule has 0 radical (unpaired) electrons. The highest BCUT2D eigenvalue weighted by molar-refractivity contribution is 5.78. The van der Waals surface area contributed by atoms with Gasteiger partial charge < -0.3 is 5.11 Å². The van der Waals surface area contributed by atoms with Gasteiger partial charge in [0.25, 0.3) is 0 Å². The molecule has 0 saturated carbocycles. The average Bonchev–Trinajstić information content (AvgIpc) is 2.01. The van der Waals surface area contributed by atoms with Gasteiger partial charge in [-0.2, -0.15) is 0 Å². The summed E-state index contributed by atoms with van der Waals surface area (Å²) in [7, 11) is 0. The predicted molar refractivity (Wildman–Crippen MR) is 51.8 cm³/mol. The van der Waals surface area contributed by atoms with Crippen LogP contribution in [0.25, 0.3) is 0 Å². The molecule has 1 N–H and O–H groups in total. The highest BCUT2D eigenvalue weighted by Gasteiger charge is 2.19. The molecule has 0 amide bonds. The Morgan fingerprint density at radius 1 is 1.38 bits per heavy atom. The molecule has 0 aliphatic rings. The molecule has 0 heterocycles. The van der Waals surface area contributed by atoms with E-state index in [1.54, 1.807) is 26.0 Å². The van der Waals surface area contributed by atoms with Crippen LogP contribution in [0.5, 0.6) is 0 Å². The lowest BCUT2D eigenvalue weighted by atomic mass is 9.92. The van der Waals surface area contributed by atoms with Crippen molar-refractivity contribution in [2.24, 2.45) is 0 Å². The summed E-state index contributed by atoms with van der Waals surface area (Å²) in [6.45, 7) is 5.26. The summed E-state index contributed by atoms with van der Waals surface area (Å²) in [5.41, 5.74) is 1.31. The van der Waals surface area contributed by atoms with Crippen LogP contribution >= 0.6 is 0 Å². The van der Waals surface area contributed by atoms with Crippen molar-refractivity contribution in [2.45, 2.75) is 26.4 Å². The first-order valence-electron chi connectivity index (χ1n) is 4.24. The third-order valence-electron chi connectivity index (χ3n) is 1.99. The van der Waals surface area contributed by atoms with Gasteiger partial charge in [0.2, 0.25) is 0 Å². The maximum absolute atomic E-state index is 10.7. The second-order valence-electron chi connectivity index (χ2n) is 3.77. The molecular weight excluding hydrogens is 164 g/mol.